The molecule has 4 rings (SSSR count). The van der Waals surface area contributed by atoms with Gasteiger partial charge in [0.15, 0.2) is 0 Å². The fraction of sp³-hybridized carbons (Fsp3) is 0.586. The molecule has 1 aliphatic heterocycles. The van der Waals surface area contributed by atoms with Crippen LogP contribution in [0.2, 0.25) is 0 Å². The summed E-state index contributed by atoms with van der Waals surface area (Å²) in [6.45, 7) is 12.8. The van der Waals surface area contributed by atoms with Crippen LogP contribution in [0.15, 0.2) is 40.9 Å². The lowest BCUT2D eigenvalue weighted by Crippen LogP contribution is -2.41. The van der Waals surface area contributed by atoms with E-state index in [0.29, 0.717) is 13.2 Å². The molecule has 0 radical (unpaired) electrons. The van der Waals surface area contributed by atoms with Gasteiger partial charge in [0.05, 0.1) is 24.4 Å². The Labute approximate surface area is 220 Å². The molecule has 1 atom stereocenters. The van der Waals surface area contributed by atoms with Gasteiger partial charge in [-0.25, -0.2) is 0 Å². The number of halogens is 1. The van der Waals surface area contributed by atoms with E-state index < -0.39 is 0 Å². The fourth-order valence-corrected chi connectivity index (χ4v) is 5.83. The molecule has 1 saturated heterocycles. The van der Waals surface area contributed by atoms with Crippen molar-refractivity contribution >= 4 is 28.5 Å². The van der Waals surface area contributed by atoms with Crippen molar-refractivity contribution in [2.75, 3.05) is 26.9 Å². The van der Waals surface area contributed by atoms with E-state index in [1.807, 2.05) is 0 Å². The van der Waals surface area contributed by atoms with E-state index in [1.165, 1.54) is 35.1 Å². The van der Waals surface area contributed by atoms with Crippen LogP contribution in [0.3, 0.4) is 0 Å². The van der Waals surface area contributed by atoms with Crippen LogP contribution >= 0.6 is 15.9 Å². The van der Waals surface area contributed by atoms with E-state index in [2.05, 4.69) is 86.9 Å². The highest BCUT2D eigenvalue weighted by atomic mass is 79.9. The van der Waals surface area contributed by atoms with E-state index in [-0.39, 0.29) is 23.7 Å². The SMILES string of the molecule is CCCCC1(CCCOCCOC)c2cc(Br)ccc2-c2ccc(B3OC(C)(C)C(C)(C)O3)cc21. The Morgan fingerprint density at radius 2 is 1.46 bits per heavy atom. The second-order valence-corrected chi connectivity index (χ2v) is 11.9. The van der Waals surface area contributed by atoms with E-state index in [9.17, 15) is 0 Å². The molecule has 0 bridgehead atoms. The van der Waals surface area contributed by atoms with Crippen LogP contribution in [0.1, 0.15) is 77.8 Å². The summed E-state index contributed by atoms with van der Waals surface area (Å²) < 4.78 is 25.0. The Bertz CT molecular complexity index is 1020. The number of methoxy groups -OCH3 is 1. The Hall–Kier alpha value is -1.18. The zero-order chi connectivity index (χ0) is 25.3. The minimum Gasteiger partial charge on any atom is -0.399 e. The molecule has 0 N–H and O–H groups in total. The maximum absolute atomic E-state index is 6.43. The average Bonchev–Trinajstić information content (AvgIpc) is 3.20. The number of hydrogen-bond acceptors (Lipinski definition) is 4. The first-order chi connectivity index (χ1) is 16.6. The first-order valence-corrected chi connectivity index (χ1v) is 13.8. The summed E-state index contributed by atoms with van der Waals surface area (Å²) in [5.74, 6) is 0. The predicted molar refractivity (Wildman–Crippen MR) is 148 cm³/mol. The van der Waals surface area contributed by atoms with Crippen LogP contribution in [0.4, 0.5) is 0 Å². The highest BCUT2D eigenvalue weighted by Crippen LogP contribution is 2.54. The van der Waals surface area contributed by atoms with Gasteiger partial charge < -0.3 is 18.8 Å². The summed E-state index contributed by atoms with van der Waals surface area (Å²) in [6.07, 6.45) is 5.51. The van der Waals surface area contributed by atoms with Gasteiger partial charge in [0.1, 0.15) is 0 Å². The summed E-state index contributed by atoms with van der Waals surface area (Å²) >= 11 is 3.75. The number of fused-ring (bicyclic) bond motifs is 3. The molecule has 2 aliphatic rings. The molecule has 35 heavy (non-hydrogen) atoms. The molecule has 0 aromatic heterocycles. The number of rotatable bonds is 11. The van der Waals surface area contributed by atoms with E-state index in [4.69, 9.17) is 18.8 Å². The fourth-order valence-electron chi connectivity index (χ4n) is 5.47. The monoisotopic (exact) mass is 542 g/mol. The zero-order valence-electron chi connectivity index (χ0n) is 22.2. The highest BCUT2D eigenvalue weighted by molar-refractivity contribution is 9.10. The summed E-state index contributed by atoms with van der Waals surface area (Å²) in [6, 6.07) is 13.6. The number of unbranched alkanes of at least 4 members (excludes halogenated alkanes) is 1. The van der Waals surface area contributed by atoms with Crippen molar-refractivity contribution in [3.05, 3.63) is 52.0 Å². The van der Waals surface area contributed by atoms with E-state index in [1.54, 1.807) is 7.11 Å². The number of ether oxygens (including phenoxy) is 2. The molecule has 1 aliphatic carbocycles. The van der Waals surface area contributed by atoms with Crippen molar-refractivity contribution in [3.63, 3.8) is 0 Å². The molecular formula is C29H40BBrO4. The quantitative estimate of drug-likeness (QED) is 0.235. The lowest BCUT2D eigenvalue weighted by molar-refractivity contribution is 0.00578. The standard InChI is InChI=1S/C29H40BBrO4/c1-7-8-14-29(15-9-16-33-18-17-32-6)25-19-21(30-34-27(2,3)28(4,5)35-30)10-12-23(25)24-13-11-22(31)20-26(24)29/h10-13,19-20H,7-9,14-18H2,1-6H3. The van der Waals surface area contributed by atoms with Gasteiger partial charge in [0, 0.05) is 23.6 Å². The number of benzene rings is 2. The lowest BCUT2D eigenvalue weighted by atomic mass is 9.69. The second kappa shape index (κ2) is 10.7. The van der Waals surface area contributed by atoms with Crippen LogP contribution < -0.4 is 5.46 Å². The molecule has 190 valence electrons. The van der Waals surface area contributed by atoms with Gasteiger partial charge in [-0.05, 0) is 86.8 Å². The van der Waals surface area contributed by atoms with Crippen LogP contribution in [-0.4, -0.2) is 45.3 Å². The number of hydrogen-bond donors (Lipinski definition) is 0. The van der Waals surface area contributed by atoms with Crippen molar-refractivity contribution in [2.45, 2.75) is 83.3 Å². The molecular weight excluding hydrogens is 503 g/mol. The topological polar surface area (TPSA) is 36.9 Å². The molecule has 2 aromatic rings. The maximum Gasteiger partial charge on any atom is 0.494 e. The minimum absolute atomic E-state index is 0.0469. The third kappa shape index (κ3) is 5.15. The third-order valence-electron chi connectivity index (χ3n) is 8.15. The Kier molecular flexibility index (Phi) is 8.19. The molecule has 1 fully saturated rings. The van der Waals surface area contributed by atoms with Gasteiger partial charge >= 0.3 is 7.12 Å². The molecule has 1 unspecified atom stereocenters. The zero-order valence-corrected chi connectivity index (χ0v) is 23.8. The predicted octanol–water partition coefficient (Wildman–Crippen LogP) is 6.65. The van der Waals surface area contributed by atoms with Gasteiger partial charge in [-0.3, -0.25) is 0 Å². The summed E-state index contributed by atoms with van der Waals surface area (Å²) in [7, 11) is 1.35. The summed E-state index contributed by atoms with van der Waals surface area (Å²) in [4.78, 5) is 0. The largest absolute Gasteiger partial charge is 0.494 e. The second-order valence-electron chi connectivity index (χ2n) is 11.0. The van der Waals surface area contributed by atoms with Crippen molar-refractivity contribution in [1.82, 2.24) is 0 Å². The van der Waals surface area contributed by atoms with Gasteiger partial charge in [-0.15, -0.1) is 0 Å². The smallest absolute Gasteiger partial charge is 0.399 e. The summed E-state index contributed by atoms with van der Waals surface area (Å²) in [5, 5.41) is 0. The van der Waals surface area contributed by atoms with Gasteiger partial charge in [0.25, 0.3) is 0 Å². The van der Waals surface area contributed by atoms with Gasteiger partial charge in [0.2, 0.25) is 0 Å². The minimum atomic E-state index is -0.359. The van der Waals surface area contributed by atoms with Crippen molar-refractivity contribution < 1.29 is 18.8 Å². The Morgan fingerprint density at radius 3 is 2.11 bits per heavy atom. The van der Waals surface area contributed by atoms with Crippen LogP contribution in [0, 0.1) is 0 Å². The van der Waals surface area contributed by atoms with Crippen LogP contribution in [-0.2, 0) is 24.2 Å². The Balaban J connectivity index is 1.73. The first kappa shape index (κ1) is 26.9. The van der Waals surface area contributed by atoms with Crippen molar-refractivity contribution in [2.24, 2.45) is 0 Å². The highest BCUT2D eigenvalue weighted by Gasteiger charge is 2.52. The van der Waals surface area contributed by atoms with E-state index >= 15 is 0 Å². The maximum atomic E-state index is 6.43. The molecule has 0 spiro atoms. The van der Waals surface area contributed by atoms with Crippen molar-refractivity contribution in [3.8, 4) is 11.1 Å². The van der Waals surface area contributed by atoms with Crippen LogP contribution in [0.25, 0.3) is 11.1 Å². The van der Waals surface area contributed by atoms with Crippen LogP contribution in [0.5, 0.6) is 0 Å². The third-order valence-corrected chi connectivity index (χ3v) is 8.65. The first-order valence-electron chi connectivity index (χ1n) is 13.0. The van der Waals surface area contributed by atoms with Gasteiger partial charge in [-0.1, -0.05) is 60.0 Å². The molecule has 1 heterocycles. The average molecular weight is 543 g/mol. The van der Waals surface area contributed by atoms with Gasteiger partial charge in [-0.2, -0.15) is 0 Å². The lowest BCUT2D eigenvalue weighted by Gasteiger charge is -2.33. The van der Waals surface area contributed by atoms with E-state index in [0.717, 1.165) is 35.8 Å². The molecule has 0 amide bonds. The molecule has 0 saturated carbocycles. The Morgan fingerprint density at radius 1 is 0.829 bits per heavy atom. The molecule has 6 heteroatoms. The summed E-state index contributed by atoms with van der Waals surface area (Å²) in [5.41, 5.74) is 5.86. The molecule has 4 nitrogen and oxygen atoms in total. The molecule has 2 aromatic carbocycles. The van der Waals surface area contributed by atoms with Crippen molar-refractivity contribution in [1.29, 1.82) is 0 Å². The normalized spacial score (nSPS) is 21.9.